The molecule has 0 saturated heterocycles. The van der Waals surface area contributed by atoms with Crippen LogP contribution in [0.2, 0.25) is 0 Å². The third-order valence-corrected chi connectivity index (χ3v) is 3.40. The van der Waals surface area contributed by atoms with Crippen LogP contribution in [0.5, 0.6) is 0 Å². The second-order valence-electron chi connectivity index (χ2n) is 4.94. The number of hydrogen-bond acceptors (Lipinski definition) is 2. The van der Waals surface area contributed by atoms with E-state index in [0.29, 0.717) is 5.56 Å². The quantitative estimate of drug-likeness (QED) is 0.725. The predicted molar refractivity (Wildman–Crippen MR) is 91.0 cm³/mol. The number of nitrogens with zero attached hydrogens (tertiary/aromatic N) is 1. The van der Waals surface area contributed by atoms with Gasteiger partial charge >= 0.3 is 0 Å². The minimum atomic E-state index is -0.195. The molecule has 112 valence electrons. The van der Waals surface area contributed by atoms with Crippen molar-refractivity contribution in [3.63, 3.8) is 0 Å². The summed E-state index contributed by atoms with van der Waals surface area (Å²) < 4.78 is 0. The smallest absolute Gasteiger partial charge is 0.258 e. The number of carbonyl (C=O) groups excluding carboxylic acids is 1. The Morgan fingerprint density at radius 2 is 1.91 bits per heavy atom. The maximum atomic E-state index is 12.2. The van der Waals surface area contributed by atoms with E-state index in [0.717, 1.165) is 22.4 Å². The molecule has 0 atom stereocenters. The number of para-hydroxylation sites is 1. The molecule has 0 fully saturated rings. The zero-order valence-corrected chi connectivity index (χ0v) is 12.6. The second-order valence-corrected chi connectivity index (χ2v) is 4.94. The fourth-order valence-electron chi connectivity index (χ4n) is 2.29. The molecule has 3 aromatic rings. The third-order valence-electron chi connectivity index (χ3n) is 3.40. The average molecular weight is 301 g/mol. The number of rotatable bonds is 3. The number of anilines is 1. The summed E-state index contributed by atoms with van der Waals surface area (Å²) >= 11 is 0. The molecule has 0 radical (unpaired) electrons. The number of benzene rings is 2. The van der Waals surface area contributed by atoms with Crippen molar-refractivity contribution in [1.82, 2.24) is 10.2 Å². The third kappa shape index (κ3) is 3.30. The molecule has 3 rings (SSSR count). The molecule has 23 heavy (non-hydrogen) atoms. The number of H-pyrrole nitrogens is 1. The van der Waals surface area contributed by atoms with E-state index < -0.39 is 0 Å². The Kier molecular flexibility index (Phi) is 4.21. The summed E-state index contributed by atoms with van der Waals surface area (Å²) in [6, 6.07) is 15.7. The van der Waals surface area contributed by atoms with Gasteiger partial charge in [0.15, 0.2) is 0 Å². The fraction of sp³-hybridized carbons (Fsp3) is 0.0526. The van der Waals surface area contributed by atoms with Gasteiger partial charge in [0.2, 0.25) is 0 Å². The molecule has 0 aliphatic carbocycles. The Hall–Kier alpha value is -3.32. The van der Waals surface area contributed by atoms with E-state index in [4.69, 9.17) is 0 Å². The van der Waals surface area contributed by atoms with Crippen molar-refractivity contribution < 1.29 is 4.79 Å². The lowest BCUT2D eigenvalue weighted by molar-refractivity contribution is 0.102. The highest BCUT2D eigenvalue weighted by atomic mass is 16.1. The lowest BCUT2D eigenvalue weighted by Crippen LogP contribution is -2.11. The van der Waals surface area contributed by atoms with Gasteiger partial charge in [0, 0.05) is 23.0 Å². The van der Waals surface area contributed by atoms with Gasteiger partial charge in [-0.3, -0.25) is 9.89 Å². The predicted octanol–water partition coefficient (Wildman–Crippen LogP) is 3.70. The van der Waals surface area contributed by atoms with E-state index >= 15 is 0 Å². The topological polar surface area (TPSA) is 57.8 Å². The highest BCUT2D eigenvalue weighted by Crippen LogP contribution is 2.28. The van der Waals surface area contributed by atoms with E-state index in [2.05, 4.69) is 27.4 Å². The number of amides is 1. The Bertz CT molecular complexity index is 869. The first kappa shape index (κ1) is 14.6. The first-order valence-corrected chi connectivity index (χ1v) is 7.20. The maximum absolute atomic E-state index is 12.2. The van der Waals surface area contributed by atoms with Crippen molar-refractivity contribution in [2.45, 2.75) is 6.92 Å². The molecule has 0 spiro atoms. The molecular weight excluding hydrogens is 286 g/mol. The molecule has 0 bridgehead atoms. The number of carbonyl (C=O) groups is 1. The first-order chi connectivity index (χ1) is 11.3. The largest absolute Gasteiger partial charge is 0.321 e. The van der Waals surface area contributed by atoms with Gasteiger partial charge in [-0.2, -0.15) is 5.10 Å². The highest BCUT2D eigenvalue weighted by Gasteiger charge is 2.10. The highest BCUT2D eigenvalue weighted by molar-refractivity contribution is 6.05. The average Bonchev–Trinajstić information content (AvgIpc) is 3.11. The Morgan fingerprint density at radius 3 is 2.61 bits per heavy atom. The van der Waals surface area contributed by atoms with Crippen molar-refractivity contribution in [2.75, 3.05) is 5.32 Å². The zero-order chi connectivity index (χ0) is 16.1. The van der Waals surface area contributed by atoms with Crippen LogP contribution in [0.3, 0.4) is 0 Å². The molecule has 0 saturated carbocycles. The molecule has 1 heterocycles. The molecule has 4 heteroatoms. The van der Waals surface area contributed by atoms with Gasteiger partial charge in [0.1, 0.15) is 0 Å². The molecular formula is C19H15N3O. The van der Waals surface area contributed by atoms with Gasteiger partial charge in [0.25, 0.3) is 5.91 Å². The van der Waals surface area contributed by atoms with Crippen LogP contribution in [0, 0.1) is 11.8 Å². The van der Waals surface area contributed by atoms with Crippen LogP contribution in [0.25, 0.3) is 11.1 Å². The van der Waals surface area contributed by atoms with Crippen molar-refractivity contribution in [2.24, 2.45) is 0 Å². The van der Waals surface area contributed by atoms with Crippen LogP contribution in [-0.2, 0) is 0 Å². The van der Waals surface area contributed by atoms with Gasteiger partial charge in [-0.05, 0) is 30.7 Å². The Balaban J connectivity index is 1.91. The van der Waals surface area contributed by atoms with Crippen LogP contribution in [-0.4, -0.2) is 16.1 Å². The lowest BCUT2D eigenvalue weighted by Gasteiger charge is -2.11. The van der Waals surface area contributed by atoms with Gasteiger partial charge in [-0.15, -0.1) is 5.92 Å². The monoisotopic (exact) mass is 301 g/mol. The van der Waals surface area contributed by atoms with Crippen LogP contribution in [0.15, 0.2) is 60.9 Å². The van der Waals surface area contributed by atoms with Crippen molar-refractivity contribution in [3.05, 3.63) is 72.1 Å². The molecule has 4 nitrogen and oxygen atoms in total. The van der Waals surface area contributed by atoms with Crippen LogP contribution in [0.4, 0.5) is 5.69 Å². The van der Waals surface area contributed by atoms with Gasteiger partial charge in [-0.25, -0.2) is 0 Å². The Morgan fingerprint density at radius 1 is 1.13 bits per heavy atom. The standard InChI is InChI=1S/C19H15N3O/c1-2-5-14-8-10-15(11-9-14)17-6-3-4-7-18(17)22-19(23)16-12-20-21-13-16/h3-4,6-13H,1H3,(H,20,21)(H,22,23). The first-order valence-electron chi connectivity index (χ1n) is 7.20. The van der Waals surface area contributed by atoms with Crippen molar-refractivity contribution in [3.8, 4) is 23.0 Å². The fourth-order valence-corrected chi connectivity index (χ4v) is 2.29. The lowest BCUT2D eigenvalue weighted by atomic mass is 10.0. The number of nitrogens with one attached hydrogen (secondary N) is 2. The van der Waals surface area contributed by atoms with Gasteiger partial charge in [0.05, 0.1) is 11.8 Å². The maximum Gasteiger partial charge on any atom is 0.258 e. The normalized spacial score (nSPS) is 9.78. The summed E-state index contributed by atoms with van der Waals surface area (Å²) in [6.45, 7) is 1.81. The van der Waals surface area contributed by atoms with Crippen molar-refractivity contribution >= 4 is 11.6 Å². The molecule has 0 aliphatic heterocycles. The molecule has 2 aromatic carbocycles. The van der Waals surface area contributed by atoms with Crippen LogP contribution < -0.4 is 5.32 Å². The van der Waals surface area contributed by atoms with E-state index in [9.17, 15) is 4.79 Å². The minimum Gasteiger partial charge on any atom is -0.321 e. The summed E-state index contributed by atoms with van der Waals surface area (Å²) in [5.74, 6) is 5.71. The minimum absolute atomic E-state index is 0.195. The summed E-state index contributed by atoms with van der Waals surface area (Å²) in [5.41, 5.74) is 4.20. The SMILES string of the molecule is CC#Cc1ccc(-c2ccccc2NC(=O)c2cn[nH]c2)cc1. The number of hydrogen-bond donors (Lipinski definition) is 2. The summed E-state index contributed by atoms with van der Waals surface area (Å²) in [4.78, 5) is 12.2. The molecule has 2 N–H and O–H groups in total. The van der Waals surface area contributed by atoms with Crippen molar-refractivity contribution in [1.29, 1.82) is 0 Å². The summed E-state index contributed by atoms with van der Waals surface area (Å²) in [6.07, 6.45) is 3.06. The summed E-state index contributed by atoms with van der Waals surface area (Å²) in [7, 11) is 0. The van der Waals surface area contributed by atoms with Gasteiger partial charge in [-0.1, -0.05) is 36.3 Å². The molecule has 1 amide bonds. The Labute approximate surface area is 134 Å². The van der Waals surface area contributed by atoms with Crippen LogP contribution >= 0.6 is 0 Å². The van der Waals surface area contributed by atoms with E-state index in [1.165, 1.54) is 6.20 Å². The second kappa shape index (κ2) is 6.63. The van der Waals surface area contributed by atoms with Crippen LogP contribution in [0.1, 0.15) is 22.8 Å². The van der Waals surface area contributed by atoms with Gasteiger partial charge < -0.3 is 5.32 Å². The van der Waals surface area contributed by atoms with E-state index in [1.807, 2.05) is 55.5 Å². The number of aromatic amines is 1. The summed E-state index contributed by atoms with van der Waals surface area (Å²) in [5, 5.41) is 9.36. The number of aromatic nitrogens is 2. The zero-order valence-electron chi connectivity index (χ0n) is 12.6. The van der Waals surface area contributed by atoms with E-state index in [1.54, 1.807) is 6.20 Å². The molecule has 0 aliphatic rings. The van der Waals surface area contributed by atoms with E-state index in [-0.39, 0.29) is 5.91 Å². The molecule has 0 unspecified atom stereocenters. The molecule has 1 aromatic heterocycles.